The number of alkyl halides is 4. The summed E-state index contributed by atoms with van der Waals surface area (Å²) in [5.41, 5.74) is 0.339. The number of imidazole rings is 1. The van der Waals surface area contributed by atoms with E-state index in [-0.39, 0.29) is 5.88 Å². The zero-order valence-corrected chi connectivity index (χ0v) is 12.1. The van der Waals surface area contributed by atoms with Crippen LogP contribution in [-0.4, -0.2) is 22.7 Å². The zero-order chi connectivity index (χ0) is 15.0. The van der Waals surface area contributed by atoms with Crippen molar-refractivity contribution in [3.8, 4) is 0 Å². The van der Waals surface area contributed by atoms with E-state index in [1.165, 1.54) is 12.5 Å². The Balaban J connectivity index is 2.10. The fourth-order valence-electron chi connectivity index (χ4n) is 2.77. The van der Waals surface area contributed by atoms with Crippen molar-refractivity contribution in [3.05, 3.63) is 29.6 Å². The number of fused-ring (bicyclic) bond motifs is 1. The molecule has 1 fully saturated rings. The van der Waals surface area contributed by atoms with E-state index in [9.17, 15) is 13.2 Å². The molecule has 21 heavy (non-hydrogen) atoms. The molecular weight excluding hydrogens is 303 g/mol. The molecule has 0 aliphatic carbocycles. The maximum atomic E-state index is 12.8. The Morgan fingerprint density at radius 1 is 1.14 bits per heavy atom. The second-order valence-electron chi connectivity index (χ2n) is 5.19. The van der Waals surface area contributed by atoms with Crippen LogP contribution in [-0.2, 0) is 12.1 Å². The van der Waals surface area contributed by atoms with E-state index in [1.807, 2.05) is 4.68 Å². The van der Waals surface area contributed by atoms with Crippen LogP contribution in [0.15, 0.2) is 18.2 Å². The lowest BCUT2D eigenvalue weighted by Crippen LogP contribution is -2.39. The lowest BCUT2D eigenvalue weighted by Gasteiger charge is -2.31. The topological polar surface area (TPSA) is 21.1 Å². The summed E-state index contributed by atoms with van der Waals surface area (Å²) in [6.07, 6.45) is -1.04. The van der Waals surface area contributed by atoms with Gasteiger partial charge in [0.05, 0.1) is 22.5 Å². The van der Waals surface area contributed by atoms with Gasteiger partial charge in [0, 0.05) is 13.1 Å². The first-order valence-corrected chi connectivity index (χ1v) is 7.44. The molecule has 1 aromatic carbocycles. The van der Waals surface area contributed by atoms with Gasteiger partial charge in [-0.3, -0.25) is 0 Å². The van der Waals surface area contributed by atoms with E-state index in [1.54, 1.807) is 0 Å². The first-order valence-electron chi connectivity index (χ1n) is 6.90. The van der Waals surface area contributed by atoms with Gasteiger partial charge in [-0.15, -0.1) is 11.6 Å². The third kappa shape index (κ3) is 2.69. The van der Waals surface area contributed by atoms with Gasteiger partial charge in [-0.1, -0.05) is 0 Å². The third-order valence-corrected chi connectivity index (χ3v) is 4.00. The van der Waals surface area contributed by atoms with E-state index in [0.29, 0.717) is 16.9 Å². The largest absolute Gasteiger partial charge is 0.416 e. The monoisotopic (exact) mass is 317 g/mol. The van der Waals surface area contributed by atoms with Crippen molar-refractivity contribution in [2.45, 2.75) is 31.3 Å². The molecule has 1 saturated heterocycles. The summed E-state index contributed by atoms with van der Waals surface area (Å²) in [6.45, 7) is 1.74. The van der Waals surface area contributed by atoms with Crippen molar-refractivity contribution in [1.82, 2.24) is 9.66 Å². The number of rotatable bonds is 2. The van der Waals surface area contributed by atoms with Crippen LogP contribution >= 0.6 is 11.6 Å². The second-order valence-corrected chi connectivity index (χ2v) is 5.46. The maximum Gasteiger partial charge on any atom is 0.416 e. The van der Waals surface area contributed by atoms with Crippen LogP contribution in [0.4, 0.5) is 13.2 Å². The smallest absolute Gasteiger partial charge is 0.311 e. The average Bonchev–Trinajstić information content (AvgIpc) is 2.84. The Labute approximate surface area is 125 Å². The Hall–Kier alpha value is -1.43. The SMILES string of the molecule is FC(F)(F)c1ccc2c(c1)nc(CCl)n2N1CCCCC1. The molecule has 1 aliphatic heterocycles. The van der Waals surface area contributed by atoms with Crippen LogP contribution in [0.1, 0.15) is 30.7 Å². The molecule has 0 N–H and O–H groups in total. The number of nitrogens with zero attached hydrogens (tertiary/aromatic N) is 3. The van der Waals surface area contributed by atoms with Gasteiger partial charge < -0.3 is 5.01 Å². The van der Waals surface area contributed by atoms with Crippen molar-refractivity contribution < 1.29 is 13.2 Å². The summed E-state index contributed by atoms with van der Waals surface area (Å²) in [6, 6.07) is 3.67. The minimum atomic E-state index is -4.36. The molecule has 0 spiro atoms. The van der Waals surface area contributed by atoms with Gasteiger partial charge in [-0.25, -0.2) is 9.66 Å². The summed E-state index contributed by atoms with van der Waals surface area (Å²) < 4.78 is 40.2. The van der Waals surface area contributed by atoms with Crippen molar-refractivity contribution in [3.63, 3.8) is 0 Å². The van der Waals surface area contributed by atoms with Gasteiger partial charge in [0.15, 0.2) is 0 Å². The summed E-state index contributed by atoms with van der Waals surface area (Å²) in [5, 5.41) is 2.11. The van der Waals surface area contributed by atoms with Gasteiger partial charge in [0.2, 0.25) is 0 Å². The highest BCUT2D eigenvalue weighted by molar-refractivity contribution is 6.16. The van der Waals surface area contributed by atoms with E-state index in [4.69, 9.17) is 11.6 Å². The van der Waals surface area contributed by atoms with E-state index in [2.05, 4.69) is 9.99 Å². The highest BCUT2D eigenvalue weighted by Crippen LogP contribution is 2.32. The van der Waals surface area contributed by atoms with E-state index < -0.39 is 11.7 Å². The molecule has 0 atom stereocenters. The molecule has 3 nitrogen and oxygen atoms in total. The average molecular weight is 318 g/mol. The fraction of sp³-hybridized carbons (Fsp3) is 0.500. The Kier molecular flexibility index (Phi) is 3.73. The number of piperidine rings is 1. The van der Waals surface area contributed by atoms with E-state index in [0.717, 1.165) is 38.1 Å². The standard InChI is InChI=1S/C14H15ClF3N3/c15-9-13-19-11-8-10(14(16,17)18)4-5-12(11)21(13)20-6-2-1-3-7-20/h4-5,8H,1-3,6-7,9H2. The van der Waals surface area contributed by atoms with Gasteiger partial charge >= 0.3 is 6.18 Å². The summed E-state index contributed by atoms with van der Waals surface area (Å²) in [4.78, 5) is 4.27. The number of hydrogen-bond donors (Lipinski definition) is 0. The fourth-order valence-corrected chi connectivity index (χ4v) is 2.95. The number of halogens is 4. The second kappa shape index (κ2) is 5.40. The molecular formula is C14H15ClF3N3. The summed E-state index contributed by atoms with van der Waals surface area (Å²) in [5.74, 6) is 0.764. The highest BCUT2D eigenvalue weighted by Gasteiger charge is 2.31. The lowest BCUT2D eigenvalue weighted by atomic mass is 10.1. The lowest BCUT2D eigenvalue weighted by molar-refractivity contribution is -0.137. The van der Waals surface area contributed by atoms with E-state index >= 15 is 0 Å². The molecule has 0 bridgehead atoms. The molecule has 2 heterocycles. The van der Waals surface area contributed by atoms with Gasteiger partial charge in [0.25, 0.3) is 0 Å². The first kappa shape index (κ1) is 14.5. The van der Waals surface area contributed by atoms with Crippen molar-refractivity contribution in [1.29, 1.82) is 0 Å². The zero-order valence-electron chi connectivity index (χ0n) is 11.3. The normalized spacial score (nSPS) is 16.7. The van der Waals surface area contributed by atoms with Crippen molar-refractivity contribution in [2.24, 2.45) is 0 Å². The van der Waals surface area contributed by atoms with Crippen LogP contribution in [0.3, 0.4) is 0 Å². The molecule has 0 radical (unpaired) electrons. The molecule has 3 rings (SSSR count). The van der Waals surface area contributed by atoms with Crippen molar-refractivity contribution >= 4 is 22.6 Å². The molecule has 114 valence electrons. The number of benzene rings is 1. The Bertz CT molecular complexity index is 645. The summed E-state index contributed by atoms with van der Waals surface area (Å²) >= 11 is 5.92. The predicted molar refractivity (Wildman–Crippen MR) is 76.1 cm³/mol. The first-order chi connectivity index (χ1) is 10.0. The van der Waals surface area contributed by atoms with Gasteiger partial charge in [0.1, 0.15) is 5.82 Å². The highest BCUT2D eigenvalue weighted by atomic mass is 35.5. The Morgan fingerprint density at radius 2 is 1.86 bits per heavy atom. The Morgan fingerprint density at radius 3 is 2.48 bits per heavy atom. The van der Waals surface area contributed by atoms with Crippen LogP contribution < -0.4 is 5.01 Å². The molecule has 7 heteroatoms. The van der Waals surface area contributed by atoms with Crippen LogP contribution in [0.5, 0.6) is 0 Å². The minimum Gasteiger partial charge on any atom is -0.311 e. The molecule has 0 unspecified atom stereocenters. The third-order valence-electron chi connectivity index (χ3n) is 3.76. The van der Waals surface area contributed by atoms with Gasteiger partial charge in [-0.2, -0.15) is 13.2 Å². The maximum absolute atomic E-state index is 12.8. The molecule has 2 aromatic rings. The minimum absolute atomic E-state index is 0.173. The number of aromatic nitrogens is 2. The number of hydrogen-bond acceptors (Lipinski definition) is 2. The predicted octanol–water partition coefficient (Wildman–Crippen LogP) is 3.92. The molecule has 0 amide bonds. The van der Waals surface area contributed by atoms with Crippen LogP contribution in [0.25, 0.3) is 11.0 Å². The molecule has 1 aromatic heterocycles. The molecule has 1 aliphatic rings. The summed E-state index contributed by atoms with van der Waals surface area (Å²) in [7, 11) is 0. The van der Waals surface area contributed by atoms with Gasteiger partial charge in [-0.05, 0) is 37.5 Å². The molecule has 0 saturated carbocycles. The van der Waals surface area contributed by atoms with Crippen molar-refractivity contribution in [2.75, 3.05) is 18.1 Å². The van der Waals surface area contributed by atoms with Crippen LogP contribution in [0, 0.1) is 0 Å². The van der Waals surface area contributed by atoms with Crippen LogP contribution in [0.2, 0.25) is 0 Å². The quantitative estimate of drug-likeness (QED) is 0.783.